The van der Waals surface area contributed by atoms with Crippen LogP contribution in [-0.2, 0) is 6.54 Å². The lowest BCUT2D eigenvalue weighted by atomic mass is 10.0. The molecule has 0 aliphatic carbocycles. The quantitative estimate of drug-likeness (QED) is 0.634. The SMILES string of the molecule is CCOc1ccccc1-c1noc(CNC(c2cccs2)C(C)C)n1. The molecule has 0 saturated heterocycles. The van der Waals surface area contributed by atoms with E-state index in [1.165, 1.54) is 4.88 Å². The van der Waals surface area contributed by atoms with Crippen molar-refractivity contribution in [1.29, 1.82) is 0 Å². The molecule has 0 amide bonds. The molecule has 3 rings (SSSR count). The summed E-state index contributed by atoms with van der Waals surface area (Å²) in [5.41, 5.74) is 0.845. The van der Waals surface area contributed by atoms with Crippen molar-refractivity contribution in [3.05, 3.63) is 52.5 Å². The van der Waals surface area contributed by atoms with Gasteiger partial charge in [-0.15, -0.1) is 11.3 Å². The second-order valence-electron chi connectivity index (χ2n) is 6.06. The normalized spacial score (nSPS) is 12.5. The largest absolute Gasteiger partial charge is 0.493 e. The summed E-state index contributed by atoms with van der Waals surface area (Å²) in [5.74, 6) is 2.37. The number of thiophene rings is 1. The number of hydrogen-bond donors (Lipinski definition) is 1. The van der Waals surface area contributed by atoms with Crippen molar-refractivity contribution in [1.82, 2.24) is 15.5 Å². The lowest BCUT2D eigenvalue weighted by Gasteiger charge is -2.20. The van der Waals surface area contributed by atoms with Crippen LogP contribution in [0.15, 0.2) is 46.3 Å². The third-order valence-corrected chi connectivity index (χ3v) is 4.84. The van der Waals surface area contributed by atoms with E-state index in [2.05, 4.69) is 46.8 Å². The summed E-state index contributed by atoms with van der Waals surface area (Å²) < 4.78 is 11.1. The first kappa shape index (κ1) is 17.6. The van der Waals surface area contributed by atoms with Gasteiger partial charge in [0.2, 0.25) is 11.7 Å². The molecule has 3 aromatic rings. The number of rotatable bonds is 8. The first-order valence-corrected chi connectivity index (χ1v) is 9.38. The maximum Gasteiger partial charge on any atom is 0.240 e. The van der Waals surface area contributed by atoms with E-state index in [-0.39, 0.29) is 6.04 Å². The maximum absolute atomic E-state index is 5.64. The van der Waals surface area contributed by atoms with Crippen LogP contribution in [0.4, 0.5) is 0 Å². The van der Waals surface area contributed by atoms with Crippen molar-refractivity contribution in [2.24, 2.45) is 5.92 Å². The first-order valence-electron chi connectivity index (χ1n) is 8.50. The van der Waals surface area contributed by atoms with E-state index in [9.17, 15) is 0 Å². The molecule has 1 aromatic carbocycles. The van der Waals surface area contributed by atoms with Crippen LogP contribution < -0.4 is 10.1 Å². The fourth-order valence-electron chi connectivity index (χ4n) is 2.70. The van der Waals surface area contributed by atoms with E-state index < -0.39 is 0 Å². The summed E-state index contributed by atoms with van der Waals surface area (Å²) in [6.45, 7) is 7.49. The highest BCUT2D eigenvalue weighted by Crippen LogP contribution is 2.28. The molecule has 0 saturated carbocycles. The van der Waals surface area contributed by atoms with Gasteiger partial charge >= 0.3 is 0 Å². The van der Waals surface area contributed by atoms with Gasteiger partial charge in [0.15, 0.2) is 0 Å². The van der Waals surface area contributed by atoms with E-state index in [1.54, 1.807) is 11.3 Å². The molecule has 132 valence electrons. The monoisotopic (exact) mass is 357 g/mol. The van der Waals surface area contributed by atoms with Crippen LogP contribution in [0, 0.1) is 5.92 Å². The Bertz CT molecular complexity index is 784. The van der Waals surface area contributed by atoms with E-state index in [1.807, 2.05) is 31.2 Å². The molecule has 1 N–H and O–H groups in total. The Labute approximate surface area is 152 Å². The average Bonchev–Trinajstić information content (AvgIpc) is 3.28. The highest BCUT2D eigenvalue weighted by atomic mass is 32.1. The van der Waals surface area contributed by atoms with Crippen molar-refractivity contribution in [3.8, 4) is 17.1 Å². The summed E-state index contributed by atoms with van der Waals surface area (Å²) >= 11 is 1.76. The zero-order valence-corrected chi connectivity index (χ0v) is 15.5. The second-order valence-corrected chi connectivity index (χ2v) is 7.04. The van der Waals surface area contributed by atoms with E-state index in [0.717, 1.165) is 11.3 Å². The summed E-state index contributed by atoms with van der Waals surface area (Å²) in [6, 6.07) is 12.2. The molecule has 0 aliphatic rings. The third kappa shape index (κ3) is 4.27. The van der Waals surface area contributed by atoms with Gasteiger partial charge in [0.1, 0.15) is 5.75 Å². The van der Waals surface area contributed by atoms with E-state index >= 15 is 0 Å². The minimum atomic E-state index is 0.270. The lowest BCUT2D eigenvalue weighted by Crippen LogP contribution is -2.24. The smallest absolute Gasteiger partial charge is 0.240 e. The Balaban J connectivity index is 1.72. The number of aromatic nitrogens is 2. The van der Waals surface area contributed by atoms with Gasteiger partial charge in [0, 0.05) is 10.9 Å². The molecule has 0 fully saturated rings. The highest BCUT2D eigenvalue weighted by molar-refractivity contribution is 7.10. The van der Waals surface area contributed by atoms with Crippen LogP contribution in [0.1, 0.15) is 37.6 Å². The topological polar surface area (TPSA) is 60.2 Å². The highest BCUT2D eigenvalue weighted by Gasteiger charge is 2.18. The molecule has 0 aliphatic heterocycles. The van der Waals surface area contributed by atoms with E-state index in [4.69, 9.17) is 9.26 Å². The van der Waals surface area contributed by atoms with Crippen LogP contribution >= 0.6 is 11.3 Å². The second kappa shape index (κ2) is 8.27. The van der Waals surface area contributed by atoms with Crippen LogP contribution in [0.2, 0.25) is 0 Å². The van der Waals surface area contributed by atoms with Crippen molar-refractivity contribution in [2.75, 3.05) is 6.61 Å². The Hall–Kier alpha value is -2.18. The molecule has 1 unspecified atom stereocenters. The van der Waals surface area contributed by atoms with Gasteiger partial charge in [0.05, 0.1) is 18.7 Å². The van der Waals surface area contributed by atoms with Crippen LogP contribution in [-0.4, -0.2) is 16.7 Å². The zero-order valence-electron chi connectivity index (χ0n) is 14.7. The maximum atomic E-state index is 5.64. The molecule has 25 heavy (non-hydrogen) atoms. The summed E-state index contributed by atoms with van der Waals surface area (Å²) in [6.07, 6.45) is 0. The predicted octanol–water partition coefficient (Wildman–Crippen LogP) is 4.68. The number of nitrogens with one attached hydrogen (secondary N) is 1. The third-order valence-electron chi connectivity index (χ3n) is 3.89. The summed E-state index contributed by atoms with van der Waals surface area (Å²) in [7, 11) is 0. The first-order chi connectivity index (χ1) is 12.2. The summed E-state index contributed by atoms with van der Waals surface area (Å²) in [4.78, 5) is 5.84. The Morgan fingerprint density at radius 3 is 2.76 bits per heavy atom. The van der Waals surface area contributed by atoms with Gasteiger partial charge in [-0.1, -0.05) is 37.2 Å². The van der Waals surface area contributed by atoms with Crippen molar-refractivity contribution < 1.29 is 9.26 Å². The minimum absolute atomic E-state index is 0.270. The molecule has 1 atom stereocenters. The van der Waals surface area contributed by atoms with Gasteiger partial charge in [-0.2, -0.15) is 4.98 Å². The van der Waals surface area contributed by atoms with Crippen LogP contribution in [0.3, 0.4) is 0 Å². The van der Waals surface area contributed by atoms with Crippen molar-refractivity contribution in [3.63, 3.8) is 0 Å². The molecule has 6 heteroatoms. The molecule has 5 nitrogen and oxygen atoms in total. The minimum Gasteiger partial charge on any atom is -0.493 e. The fraction of sp³-hybridized carbons (Fsp3) is 0.368. The number of benzene rings is 1. The van der Waals surface area contributed by atoms with Gasteiger partial charge in [-0.25, -0.2) is 0 Å². The Morgan fingerprint density at radius 1 is 1.20 bits per heavy atom. The van der Waals surface area contributed by atoms with Crippen molar-refractivity contribution >= 4 is 11.3 Å². The Kier molecular flexibility index (Phi) is 5.83. The fourth-order valence-corrected chi connectivity index (χ4v) is 3.67. The number of ether oxygens (including phenoxy) is 1. The molecule has 0 radical (unpaired) electrons. The molecular formula is C19H23N3O2S. The zero-order chi connectivity index (χ0) is 17.6. The predicted molar refractivity (Wildman–Crippen MR) is 99.6 cm³/mol. The van der Waals surface area contributed by atoms with Gasteiger partial charge < -0.3 is 14.6 Å². The molecule has 2 aromatic heterocycles. The molecule has 0 bridgehead atoms. The number of hydrogen-bond acceptors (Lipinski definition) is 6. The standard InChI is InChI=1S/C19H23N3O2S/c1-4-23-15-9-6-5-8-14(15)19-21-17(24-22-19)12-20-18(13(2)3)16-10-7-11-25-16/h5-11,13,18,20H,4,12H2,1-3H3. The number of para-hydroxylation sites is 1. The van der Waals surface area contributed by atoms with Crippen LogP contribution in [0.5, 0.6) is 5.75 Å². The van der Waals surface area contributed by atoms with Gasteiger partial charge in [0.25, 0.3) is 0 Å². The summed E-state index contributed by atoms with van der Waals surface area (Å²) in [5, 5.41) is 9.74. The average molecular weight is 357 g/mol. The Morgan fingerprint density at radius 2 is 2.04 bits per heavy atom. The molecular weight excluding hydrogens is 334 g/mol. The van der Waals surface area contributed by atoms with Gasteiger partial charge in [-0.05, 0) is 36.4 Å². The lowest BCUT2D eigenvalue weighted by molar-refractivity contribution is 0.337. The van der Waals surface area contributed by atoms with E-state index in [0.29, 0.717) is 30.8 Å². The van der Waals surface area contributed by atoms with Crippen molar-refractivity contribution in [2.45, 2.75) is 33.4 Å². The molecule has 2 heterocycles. The molecule has 0 spiro atoms. The number of nitrogens with zero attached hydrogens (tertiary/aromatic N) is 2. The van der Waals surface area contributed by atoms with Gasteiger partial charge in [-0.3, -0.25) is 0 Å². The van der Waals surface area contributed by atoms with Crippen LogP contribution in [0.25, 0.3) is 11.4 Å².